The van der Waals surface area contributed by atoms with Crippen LogP contribution in [0.1, 0.15) is 5.56 Å². The number of nitrogens with zero attached hydrogens (tertiary/aromatic N) is 1. The Hall–Kier alpha value is -2.18. The monoisotopic (exact) mass is 325 g/mol. The van der Waals surface area contributed by atoms with Gasteiger partial charge in [-0.25, -0.2) is 4.39 Å². The van der Waals surface area contributed by atoms with Crippen molar-refractivity contribution in [2.75, 3.05) is 18.4 Å². The summed E-state index contributed by atoms with van der Waals surface area (Å²) in [4.78, 5) is 10.1. The molecule has 0 saturated carbocycles. The highest BCUT2D eigenvalue weighted by atomic mass is 35.5. The Bertz CT molecular complexity index is 591. The van der Waals surface area contributed by atoms with Gasteiger partial charge in [-0.1, -0.05) is 12.1 Å². The summed E-state index contributed by atoms with van der Waals surface area (Å²) < 4.78 is 12.7. The molecule has 0 aliphatic heterocycles. The summed E-state index contributed by atoms with van der Waals surface area (Å²) in [5.74, 6) is -0.237. The maximum atomic E-state index is 12.7. The zero-order valence-corrected chi connectivity index (χ0v) is 12.6. The molecule has 2 rings (SSSR count). The average Bonchev–Trinajstić information content (AvgIpc) is 2.49. The molecule has 0 fully saturated rings. The third-order valence-electron chi connectivity index (χ3n) is 2.95. The summed E-state index contributed by atoms with van der Waals surface area (Å²) in [6.45, 7) is 2.09. The quantitative estimate of drug-likeness (QED) is 0.465. The molecule has 0 aliphatic carbocycles. The number of anilines is 1. The van der Waals surface area contributed by atoms with Gasteiger partial charge in [-0.2, -0.15) is 0 Å². The van der Waals surface area contributed by atoms with Crippen LogP contribution in [0.3, 0.4) is 0 Å². The molecule has 0 spiro atoms. The van der Waals surface area contributed by atoms with Crippen molar-refractivity contribution in [2.45, 2.75) is 6.54 Å². The van der Waals surface area contributed by atoms with Crippen molar-refractivity contribution >= 4 is 23.8 Å². The number of nitrogens with one attached hydrogen (secondary N) is 2. The Morgan fingerprint density at radius 3 is 2.23 bits per heavy atom. The van der Waals surface area contributed by atoms with Crippen molar-refractivity contribution in [1.29, 1.82) is 0 Å². The lowest BCUT2D eigenvalue weighted by atomic mass is 10.2. The molecular formula is C15H17ClFN3O2. The molecular weight excluding hydrogens is 309 g/mol. The van der Waals surface area contributed by atoms with Gasteiger partial charge in [0, 0.05) is 37.5 Å². The maximum absolute atomic E-state index is 12.7. The number of benzene rings is 2. The van der Waals surface area contributed by atoms with E-state index in [1.165, 1.54) is 24.3 Å². The maximum Gasteiger partial charge on any atom is 0.269 e. The molecule has 22 heavy (non-hydrogen) atoms. The molecule has 0 atom stereocenters. The Labute approximate surface area is 134 Å². The van der Waals surface area contributed by atoms with Gasteiger partial charge >= 0.3 is 0 Å². The third-order valence-corrected chi connectivity index (χ3v) is 2.95. The number of non-ortho nitro benzene ring substituents is 1. The van der Waals surface area contributed by atoms with Gasteiger partial charge in [0.05, 0.1) is 4.92 Å². The summed E-state index contributed by atoms with van der Waals surface area (Å²) >= 11 is 0. The van der Waals surface area contributed by atoms with Crippen LogP contribution in [-0.4, -0.2) is 18.0 Å². The van der Waals surface area contributed by atoms with E-state index >= 15 is 0 Å². The fraction of sp³-hybridized carbons (Fsp3) is 0.200. The van der Waals surface area contributed by atoms with Crippen LogP contribution in [0, 0.1) is 15.9 Å². The molecule has 5 nitrogen and oxygen atoms in total. The van der Waals surface area contributed by atoms with E-state index in [0.717, 1.165) is 17.8 Å². The predicted molar refractivity (Wildman–Crippen MR) is 86.9 cm³/mol. The fourth-order valence-corrected chi connectivity index (χ4v) is 1.83. The van der Waals surface area contributed by atoms with Crippen molar-refractivity contribution in [3.63, 3.8) is 0 Å². The molecule has 0 bridgehead atoms. The van der Waals surface area contributed by atoms with E-state index in [-0.39, 0.29) is 23.9 Å². The molecule has 0 heterocycles. The lowest BCUT2D eigenvalue weighted by Gasteiger charge is -2.08. The van der Waals surface area contributed by atoms with Crippen molar-refractivity contribution in [3.05, 3.63) is 70.0 Å². The van der Waals surface area contributed by atoms with E-state index in [0.29, 0.717) is 13.1 Å². The second-order valence-corrected chi connectivity index (χ2v) is 4.53. The molecule has 0 amide bonds. The Balaban J connectivity index is 0.00000242. The van der Waals surface area contributed by atoms with Gasteiger partial charge in [-0.3, -0.25) is 10.1 Å². The molecule has 0 aromatic heterocycles. The van der Waals surface area contributed by atoms with E-state index < -0.39 is 4.92 Å². The SMILES string of the molecule is Cl.O=[N+]([O-])c1ccc(NCCNCc2ccc(F)cc2)cc1. The van der Waals surface area contributed by atoms with Gasteiger partial charge in [-0.15, -0.1) is 12.4 Å². The Kier molecular flexibility index (Phi) is 7.28. The van der Waals surface area contributed by atoms with E-state index in [9.17, 15) is 14.5 Å². The van der Waals surface area contributed by atoms with Gasteiger partial charge in [0.15, 0.2) is 0 Å². The van der Waals surface area contributed by atoms with E-state index in [2.05, 4.69) is 10.6 Å². The number of nitro benzene ring substituents is 1. The number of rotatable bonds is 7. The zero-order chi connectivity index (χ0) is 15.1. The van der Waals surface area contributed by atoms with Crippen LogP contribution >= 0.6 is 12.4 Å². The van der Waals surface area contributed by atoms with Gasteiger partial charge in [-0.05, 0) is 29.8 Å². The minimum atomic E-state index is -0.423. The summed E-state index contributed by atoms with van der Waals surface area (Å²) in [5.41, 5.74) is 1.94. The normalized spacial score (nSPS) is 9.86. The first-order valence-electron chi connectivity index (χ1n) is 6.58. The lowest BCUT2D eigenvalue weighted by molar-refractivity contribution is -0.384. The second-order valence-electron chi connectivity index (χ2n) is 4.53. The van der Waals surface area contributed by atoms with Gasteiger partial charge in [0.25, 0.3) is 5.69 Å². The molecule has 118 valence electrons. The van der Waals surface area contributed by atoms with Gasteiger partial charge in [0.1, 0.15) is 5.82 Å². The first-order chi connectivity index (χ1) is 10.1. The first kappa shape index (κ1) is 17.9. The summed E-state index contributed by atoms with van der Waals surface area (Å²) in [6.07, 6.45) is 0. The number of halogens is 2. The number of hydrogen-bond donors (Lipinski definition) is 2. The van der Waals surface area contributed by atoms with Crippen LogP contribution in [0.2, 0.25) is 0 Å². The number of hydrogen-bond acceptors (Lipinski definition) is 4. The predicted octanol–water partition coefficient (Wildman–Crippen LogP) is 3.36. The van der Waals surface area contributed by atoms with Crippen molar-refractivity contribution in [2.24, 2.45) is 0 Å². The van der Waals surface area contributed by atoms with Crippen LogP contribution in [-0.2, 0) is 6.54 Å². The Morgan fingerprint density at radius 1 is 1.00 bits per heavy atom. The third kappa shape index (κ3) is 5.67. The highest BCUT2D eigenvalue weighted by molar-refractivity contribution is 5.85. The average molecular weight is 326 g/mol. The van der Waals surface area contributed by atoms with Gasteiger partial charge < -0.3 is 10.6 Å². The van der Waals surface area contributed by atoms with Crippen LogP contribution in [0.4, 0.5) is 15.8 Å². The molecule has 2 aromatic rings. The molecule has 0 radical (unpaired) electrons. The van der Waals surface area contributed by atoms with E-state index in [4.69, 9.17) is 0 Å². The Morgan fingerprint density at radius 2 is 1.64 bits per heavy atom. The second kappa shape index (κ2) is 8.96. The minimum absolute atomic E-state index is 0. The van der Waals surface area contributed by atoms with Crippen molar-refractivity contribution < 1.29 is 9.31 Å². The first-order valence-corrected chi connectivity index (χ1v) is 6.58. The summed E-state index contributed by atoms with van der Waals surface area (Å²) in [7, 11) is 0. The standard InChI is InChI=1S/C15H16FN3O2.ClH/c16-13-3-1-12(2-4-13)11-17-9-10-18-14-5-7-15(8-6-14)19(20)21;/h1-8,17-18H,9-11H2;1H. The lowest BCUT2D eigenvalue weighted by Crippen LogP contribution is -2.21. The summed E-state index contributed by atoms with van der Waals surface area (Å²) in [6, 6.07) is 12.6. The molecule has 2 aromatic carbocycles. The van der Waals surface area contributed by atoms with Crippen molar-refractivity contribution in [3.8, 4) is 0 Å². The summed E-state index contributed by atoms with van der Waals surface area (Å²) in [5, 5.41) is 16.9. The zero-order valence-electron chi connectivity index (χ0n) is 11.8. The van der Waals surface area contributed by atoms with Gasteiger partial charge in [0.2, 0.25) is 0 Å². The van der Waals surface area contributed by atoms with E-state index in [1.807, 2.05) is 0 Å². The fourth-order valence-electron chi connectivity index (χ4n) is 1.83. The van der Waals surface area contributed by atoms with Crippen LogP contribution < -0.4 is 10.6 Å². The molecule has 0 saturated heterocycles. The van der Waals surface area contributed by atoms with Crippen LogP contribution in [0.15, 0.2) is 48.5 Å². The highest BCUT2D eigenvalue weighted by Gasteiger charge is 2.03. The largest absolute Gasteiger partial charge is 0.384 e. The van der Waals surface area contributed by atoms with Crippen LogP contribution in [0.25, 0.3) is 0 Å². The minimum Gasteiger partial charge on any atom is -0.384 e. The number of nitro groups is 1. The smallest absolute Gasteiger partial charge is 0.269 e. The van der Waals surface area contributed by atoms with Crippen molar-refractivity contribution in [1.82, 2.24) is 5.32 Å². The topological polar surface area (TPSA) is 67.2 Å². The highest BCUT2D eigenvalue weighted by Crippen LogP contribution is 2.14. The molecule has 2 N–H and O–H groups in total. The molecule has 7 heteroatoms. The van der Waals surface area contributed by atoms with E-state index in [1.54, 1.807) is 24.3 Å². The van der Waals surface area contributed by atoms with Crippen LogP contribution in [0.5, 0.6) is 0 Å². The molecule has 0 unspecified atom stereocenters. The molecule has 0 aliphatic rings.